The molecule has 0 aliphatic heterocycles. The van der Waals surface area contributed by atoms with E-state index in [1.807, 2.05) is 12.1 Å². The lowest BCUT2D eigenvalue weighted by molar-refractivity contribution is -0.167. The number of rotatable bonds is 4. The zero-order chi connectivity index (χ0) is 21.8. The van der Waals surface area contributed by atoms with E-state index in [1.54, 1.807) is 30.4 Å². The Kier molecular flexibility index (Phi) is 6.46. The fourth-order valence-corrected chi connectivity index (χ4v) is 2.41. The van der Waals surface area contributed by atoms with Crippen LogP contribution >= 0.6 is 0 Å². The predicted octanol–water partition coefficient (Wildman–Crippen LogP) is 4.64. The molecule has 2 rings (SSSR count). The van der Waals surface area contributed by atoms with Crippen LogP contribution in [0.4, 0.5) is 18.9 Å². The molecule has 0 unspecified atom stereocenters. The van der Waals surface area contributed by atoms with Gasteiger partial charge in [0.2, 0.25) is 0 Å². The Balaban J connectivity index is 2.08. The van der Waals surface area contributed by atoms with Crippen molar-refractivity contribution < 1.29 is 22.8 Å². The van der Waals surface area contributed by atoms with Gasteiger partial charge in [-0.05, 0) is 47.7 Å². The zero-order valence-corrected chi connectivity index (χ0v) is 16.5. The molecule has 0 bridgehead atoms. The van der Waals surface area contributed by atoms with Gasteiger partial charge < -0.3 is 5.32 Å². The van der Waals surface area contributed by atoms with Crippen LogP contribution in [-0.2, 0) is 10.2 Å². The summed E-state index contributed by atoms with van der Waals surface area (Å²) >= 11 is 0. The highest BCUT2D eigenvalue weighted by Crippen LogP contribution is 2.22. The number of halogens is 3. The Morgan fingerprint density at radius 2 is 1.55 bits per heavy atom. The van der Waals surface area contributed by atoms with Gasteiger partial charge in [-0.25, -0.2) is 5.43 Å². The van der Waals surface area contributed by atoms with Crippen molar-refractivity contribution in [2.45, 2.75) is 39.3 Å². The fourth-order valence-electron chi connectivity index (χ4n) is 2.41. The molecule has 0 atom stereocenters. The van der Waals surface area contributed by atoms with E-state index in [0.29, 0.717) is 16.8 Å². The Morgan fingerprint density at radius 1 is 0.931 bits per heavy atom. The maximum Gasteiger partial charge on any atom is 0.471 e. The van der Waals surface area contributed by atoms with E-state index in [4.69, 9.17) is 0 Å². The van der Waals surface area contributed by atoms with Gasteiger partial charge in [-0.3, -0.25) is 9.59 Å². The number of benzene rings is 2. The molecular weight excluding hydrogens is 383 g/mol. The molecule has 0 radical (unpaired) electrons. The maximum atomic E-state index is 12.4. The molecule has 29 heavy (non-hydrogen) atoms. The van der Waals surface area contributed by atoms with Gasteiger partial charge in [0.1, 0.15) is 0 Å². The quantitative estimate of drug-likeness (QED) is 0.575. The van der Waals surface area contributed by atoms with Crippen molar-refractivity contribution >= 4 is 23.2 Å². The van der Waals surface area contributed by atoms with Crippen molar-refractivity contribution in [3.8, 4) is 0 Å². The summed E-state index contributed by atoms with van der Waals surface area (Å²) in [6.45, 7) is 7.80. The Labute approximate surface area is 167 Å². The molecule has 2 aromatic rings. The van der Waals surface area contributed by atoms with Crippen LogP contribution in [0.2, 0.25) is 0 Å². The van der Waals surface area contributed by atoms with Crippen molar-refractivity contribution in [1.29, 1.82) is 0 Å². The molecule has 2 N–H and O–H groups in total. The van der Waals surface area contributed by atoms with Crippen LogP contribution in [0.15, 0.2) is 53.6 Å². The highest BCUT2D eigenvalue weighted by Gasteiger charge is 2.38. The lowest BCUT2D eigenvalue weighted by atomic mass is 9.87. The first kappa shape index (κ1) is 22.1. The van der Waals surface area contributed by atoms with Crippen LogP contribution in [0.1, 0.15) is 49.2 Å². The van der Waals surface area contributed by atoms with Crippen LogP contribution in [0.5, 0.6) is 0 Å². The molecule has 2 amide bonds. The van der Waals surface area contributed by atoms with Crippen LogP contribution in [0, 0.1) is 0 Å². The molecule has 0 aromatic heterocycles. The summed E-state index contributed by atoms with van der Waals surface area (Å²) in [5.41, 5.74) is 4.71. The molecule has 0 saturated heterocycles. The average molecular weight is 405 g/mol. The highest BCUT2D eigenvalue weighted by molar-refractivity contribution is 6.02. The van der Waals surface area contributed by atoms with Gasteiger partial charge >= 0.3 is 12.1 Å². The minimum Gasteiger partial charge on any atom is -0.318 e. The van der Waals surface area contributed by atoms with Gasteiger partial charge in [-0.2, -0.15) is 18.3 Å². The number of carbonyl (C=O) groups excluding carboxylic acids is 2. The third-order valence-electron chi connectivity index (χ3n) is 4.13. The zero-order valence-electron chi connectivity index (χ0n) is 16.5. The van der Waals surface area contributed by atoms with Gasteiger partial charge in [-0.15, -0.1) is 0 Å². The second-order valence-electron chi connectivity index (χ2n) is 7.50. The monoisotopic (exact) mass is 405 g/mol. The molecule has 2 aromatic carbocycles. The molecule has 0 spiro atoms. The van der Waals surface area contributed by atoms with E-state index in [9.17, 15) is 22.8 Å². The van der Waals surface area contributed by atoms with E-state index in [2.05, 4.69) is 31.3 Å². The number of alkyl halides is 3. The summed E-state index contributed by atoms with van der Waals surface area (Å²) < 4.78 is 37.1. The summed E-state index contributed by atoms with van der Waals surface area (Å²) in [5, 5.41) is 5.77. The number of amides is 2. The SMILES string of the molecule is CC(=NNC(=O)c1ccc(C(C)(C)C)cc1)c1cccc(NC(=O)C(F)(F)F)c1. The van der Waals surface area contributed by atoms with Crippen molar-refractivity contribution in [2.75, 3.05) is 5.32 Å². The van der Waals surface area contributed by atoms with E-state index >= 15 is 0 Å². The maximum absolute atomic E-state index is 12.4. The lowest BCUT2D eigenvalue weighted by Crippen LogP contribution is -2.29. The molecule has 154 valence electrons. The number of nitrogens with zero attached hydrogens (tertiary/aromatic N) is 1. The molecule has 0 saturated carbocycles. The number of carbonyl (C=O) groups is 2. The first-order valence-electron chi connectivity index (χ1n) is 8.82. The number of hydrogen-bond donors (Lipinski definition) is 2. The normalized spacial score (nSPS) is 12.4. The van der Waals surface area contributed by atoms with Gasteiger partial charge in [0, 0.05) is 11.3 Å². The third-order valence-corrected chi connectivity index (χ3v) is 4.13. The second-order valence-corrected chi connectivity index (χ2v) is 7.50. The second kappa shape index (κ2) is 8.46. The number of nitrogens with one attached hydrogen (secondary N) is 2. The van der Waals surface area contributed by atoms with Crippen molar-refractivity contribution in [1.82, 2.24) is 5.43 Å². The van der Waals surface area contributed by atoms with Crippen LogP contribution in [0.3, 0.4) is 0 Å². The average Bonchev–Trinajstić information content (AvgIpc) is 2.64. The Morgan fingerprint density at radius 3 is 2.10 bits per heavy atom. The standard InChI is InChI=1S/C21H22F3N3O2/c1-13(15-6-5-7-17(12-15)25-19(29)21(22,23)24)26-27-18(28)14-8-10-16(11-9-14)20(2,3)4/h5-12H,1-4H3,(H,25,29)(H,27,28). The van der Waals surface area contributed by atoms with E-state index in [-0.39, 0.29) is 11.1 Å². The van der Waals surface area contributed by atoms with Crippen molar-refractivity contribution in [3.63, 3.8) is 0 Å². The van der Waals surface area contributed by atoms with Crippen molar-refractivity contribution in [3.05, 3.63) is 65.2 Å². The summed E-state index contributed by atoms with van der Waals surface area (Å²) in [6, 6.07) is 12.9. The Bertz CT molecular complexity index is 927. The topological polar surface area (TPSA) is 70.6 Å². The van der Waals surface area contributed by atoms with Crippen molar-refractivity contribution in [2.24, 2.45) is 5.10 Å². The summed E-state index contributed by atoms with van der Waals surface area (Å²) in [5.74, 6) is -2.47. The molecule has 5 nitrogen and oxygen atoms in total. The van der Waals surface area contributed by atoms with Crippen LogP contribution < -0.4 is 10.7 Å². The van der Waals surface area contributed by atoms with Crippen LogP contribution in [0.25, 0.3) is 0 Å². The number of anilines is 1. The summed E-state index contributed by atoms with van der Waals surface area (Å²) in [7, 11) is 0. The number of hydrazone groups is 1. The first-order valence-corrected chi connectivity index (χ1v) is 8.82. The summed E-state index contributed by atoms with van der Waals surface area (Å²) in [6.07, 6.45) is -4.98. The Hall–Kier alpha value is -3.16. The van der Waals surface area contributed by atoms with Gasteiger partial charge in [-0.1, -0.05) is 45.0 Å². The number of hydrogen-bond acceptors (Lipinski definition) is 3. The minimum absolute atomic E-state index is 0.0246. The molecule has 0 fully saturated rings. The minimum atomic E-state index is -4.98. The van der Waals surface area contributed by atoms with E-state index in [0.717, 1.165) is 5.56 Å². The first-order chi connectivity index (χ1) is 13.4. The fraction of sp³-hybridized carbons (Fsp3) is 0.286. The largest absolute Gasteiger partial charge is 0.471 e. The molecule has 0 aliphatic rings. The third kappa shape index (κ3) is 6.17. The predicted molar refractivity (Wildman–Crippen MR) is 106 cm³/mol. The van der Waals surface area contributed by atoms with Gasteiger partial charge in [0.25, 0.3) is 5.91 Å². The molecule has 0 heterocycles. The van der Waals surface area contributed by atoms with Gasteiger partial charge in [0.05, 0.1) is 5.71 Å². The lowest BCUT2D eigenvalue weighted by Gasteiger charge is -2.18. The molecule has 0 aliphatic carbocycles. The summed E-state index contributed by atoms with van der Waals surface area (Å²) in [4.78, 5) is 23.3. The van der Waals surface area contributed by atoms with E-state index < -0.39 is 18.0 Å². The molecule has 8 heteroatoms. The smallest absolute Gasteiger partial charge is 0.318 e. The van der Waals surface area contributed by atoms with Gasteiger partial charge in [0.15, 0.2) is 0 Å². The van der Waals surface area contributed by atoms with E-state index in [1.165, 1.54) is 18.2 Å². The van der Waals surface area contributed by atoms with Crippen LogP contribution in [-0.4, -0.2) is 23.7 Å². The highest BCUT2D eigenvalue weighted by atomic mass is 19.4. The molecular formula is C21H22F3N3O2.